The number of hydrogen-bond acceptors (Lipinski definition) is 3. The van der Waals surface area contributed by atoms with Gasteiger partial charge in [-0.25, -0.2) is 13.2 Å². The monoisotopic (exact) mass is 337 g/mol. The highest BCUT2D eigenvalue weighted by molar-refractivity contribution is 7.92. The summed E-state index contributed by atoms with van der Waals surface area (Å²) in [5.41, 5.74) is 1.36. The second kappa shape index (κ2) is 5.30. The Labute approximate surface area is 132 Å². The first-order chi connectivity index (χ1) is 10.4. The van der Waals surface area contributed by atoms with Gasteiger partial charge in [-0.15, -0.1) is 0 Å². The van der Waals surface area contributed by atoms with Gasteiger partial charge < -0.3 is 5.11 Å². The van der Waals surface area contributed by atoms with Crippen LogP contribution in [0.25, 0.3) is 0 Å². The standard InChI is InChI=1S/C15H12ClNO4S/c16-13-6-5-11(9-12(13)15(18)19)22(20,21)17-8-7-10-3-1-2-4-14(10)17/h1-6,9H,7-8H2,(H,18,19). The molecular formula is C15H12ClNO4S. The van der Waals surface area contributed by atoms with E-state index in [1.54, 1.807) is 12.1 Å². The molecule has 1 aliphatic rings. The highest BCUT2D eigenvalue weighted by Crippen LogP contribution is 2.33. The van der Waals surface area contributed by atoms with Gasteiger partial charge in [0.1, 0.15) is 0 Å². The Bertz CT molecular complexity index is 864. The molecule has 3 rings (SSSR count). The molecule has 0 bridgehead atoms. The van der Waals surface area contributed by atoms with Crippen LogP contribution in [-0.2, 0) is 16.4 Å². The first-order valence-corrected chi connectivity index (χ1v) is 8.36. The van der Waals surface area contributed by atoms with Crippen LogP contribution in [0, 0.1) is 0 Å². The minimum Gasteiger partial charge on any atom is -0.478 e. The molecule has 0 fully saturated rings. The van der Waals surface area contributed by atoms with Gasteiger partial charge in [0.05, 0.1) is 21.2 Å². The van der Waals surface area contributed by atoms with Crippen molar-refractivity contribution in [2.75, 3.05) is 10.8 Å². The molecule has 7 heteroatoms. The van der Waals surface area contributed by atoms with E-state index >= 15 is 0 Å². The lowest BCUT2D eigenvalue weighted by atomic mass is 10.2. The fourth-order valence-corrected chi connectivity index (χ4v) is 4.24. The number of hydrogen-bond donors (Lipinski definition) is 1. The molecule has 0 unspecified atom stereocenters. The Morgan fingerprint density at radius 3 is 2.64 bits per heavy atom. The van der Waals surface area contributed by atoms with Crippen LogP contribution < -0.4 is 4.31 Å². The number of para-hydroxylation sites is 1. The number of anilines is 1. The quantitative estimate of drug-likeness (QED) is 0.934. The predicted octanol–water partition coefficient (Wildman–Crippen LogP) is 2.79. The first-order valence-electron chi connectivity index (χ1n) is 6.55. The number of halogens is 1. The Morgan fingerprint density at radius 1 is 1.18 bits per heavy atom. The number of sulfonamides is 1. The van der Waals surface area contributed by atoms with Gasteiger partial charge >= 0.3 is 5.97 Å². The summed E-state index contributed by atoms with van der Waals surface area (Å²) in [6.07, 6.45) is 0.634. The van der Waals surface area contributed by atoms with Gasteiger partial charge in [0.15, 0.2) is 0 Å². The second-order valence-electron chi connectivity index (χ2n) is 4.90. The largest absolute Gasteiger partial charge is 0.478 e. The molecule has 5 nitrogen and oxygen atoms in total. The van der Waals surface area contributed by atoms with Crippen molar-refractivity contribution in [2.24, 2.45) is 0 Å². The predicted molar refractivity (Wildman–Crippen MR) is 83.1 cm³/mol. The average molecular weight is 338 g/mol. The second-order valence-corrected chi connectivity index (χ2v) is 7.17. The van der Waals surface area contributed by atoms with Crippen LogP contribution in [0.2, 0.25) is 5.02 Å². The van der Waals surface area contributed by atoms with Crippen LogP contribution in [0.15, 0.2) is 47.4 Å². The van der Waals surface area contributed by atoms with E-state index in [1.165, 1.54) is 16.4 Å². The molecule has 2 aromatic carbocycles. The number of rotatable bonds is 3. The molecule has 1 heterocycles. The number of benzene rings is 2. The maximum Gasteiger partial charge on any atom is 0.337 e. The Balaban J connectivity index is 2.09. The summed E-state index contributed by atoms with van der Waals surface area (Å²) in [6.45, 7) is 0.340. The SMILES string of the molecule is O=C(O)c1cc(S(=O)(=O)N2CCc3ccccc32)ccc1Cl. The van der Waals surface area contributed by atoms with Crippen molar-refractivity contribution < 1.29 is 18.3 Å². The number of fused-ring (bicyclic) bond motifs is 1. The Morgan fingerprint density at radius 2 is 1.91 bits per heavy atom. The average Bonchev–Trinajstić information content (AvgIpc) is 2.91. The molecule has 114 valence electrons. The van der Waals surface area contributed by atoms with Gasteiger partial charge in [0, 0.05) is 6.54 Å². The molecule has 1 aliphatic heterocycles. The molecule has 0 aromatic heterocycles. The van der Waals surface area contributed by atoms with Gasteiger partial charge in [-0.1, -0.05) is 29.8 Å². The minimum atomic E-state index is -3.81. The lowest BCUT2D eigenvalue weighted by molar-refractivity contribution is 0.0697. The molecule has 0 saturated heterocycles. The maximum atomic E-state index is 12.8. The van der Waals surface area contributed by atoms with Crippen molar-refractivity contribution in [3.05, 3.63) is 58.6 Å². The van der Waals surface area contributed by atoms with E-state index in [4.69, 9.17) is 16.7 Å². The normalized spacial score (nSPS) is 14.0. The highest BCUT2D eigenvalue weighted by atomic mass is 35.5. The van der Waals surface area contributed by atoms with Crippen molar-refractivity contribution in [3.8, 4) is 0 Å². The topological polar surface area (TPSA) is 74.7 Å². The van der Waals surface area contributed by atoms with Crippen LogP contribution in [0.5, 0.6) is 0 Å². The van der Waals surface area contributed by atoms with Crippen molar-refractivity contribution in [3.63, 3.8) is 0 Å². The summed E-state index contributed by atoms with van der Waals surface area (Å²) >= 11 is 5.79. The number of carboxylic acid groups (broad SMARTS) is 1. The highest BCUT2D eigenvalue weighted by Gasteiger charge is 2.31. The van der Waals surface area contributed by atoms with E-state index in [2.05, 4.69) is 0 Å². The lowest BCUT2D eigenvalue weighted by Gasteiger charge is -2.19. The summed E-state index contributed by atoms with van der Waals surface area (Å²) in [5, 5.41) is 9.09. The van der Waals surface area contributed by atoms with Gasteiger partial charge in [-0.2, -0.15) is 0 Å². The number of carboxylic acids is 1. The van der Waals surface area contributed by atoms with E-state index in [9.17, 15) is 13.2 Å². The van der Waals surface area contributed by atoms with E-state index in [0.717, 1.165) is 11.6 Å². The van der Waals surface area contributed by atoms with Crippen molar-refractivity contribution in [1.29, 1.82) is 0 Å². The fraction of sp³-hybridized carbons (Fsp3) is 0.133. The van der Waals surface area contributed by atoms with Crippen molar-refractivity contribution in [1.82, 2.24) is 0 Å². The molecule has 0 atom stereocenters. The molecule has 2 aromatic rings. The number of carbonyl (C=O) groups is 1. The van der Waals surface area contributed by atoms with E-state index in [0.29, 0.717) is 18.7 Å². The van der Waals surface area contributed by atoms with E-state index < -0.39 is 16.0 Å². The zero-order valence-electron chi connectivity index (χ0n) is 11.4. The molecule has 22 heavy (non-hydrogen) atoms. The zero-order valence-corrected chi connectivity index (χ0v) is 12.9. The molecule has 0 radical (unpaired) electrons. The molecule has 0 aliphatic carbocycles. The summed E-state index contributed by atoms with van der Waals surface area (Å²) in [4.78, 5) is 11.0. The van der Waals surface area contributed by atoms with Gasteiger partial charge in [0.2, 0.25) is 0 Å². The van der Waals surface area contributed by atoms with Crippen LogP contribution >= 0.6 is 11.6 Å². The zero-order chi connectivity index (χ0) is 15.9. The molecular weight excluding hydrogens is 326 g/mol. The smallest absolute Gasteiger partial charge is 0.337 e. The third kappa shape index (κ3) is 2.34. The van der Waals surface area contributed by atoms with Crippen LogP contribution in [-0.4, -0.2) is 26.0 Å². The summed E-state index contributed by atoms with van der Waals surface area (Å²) < 4.78 is 26.8. The maximum absolute atomic E-state index is 12.8. The first kappa shape index (κ1) is 14.9. The summed E-state index contributed by atoms with van der Waals surface area (Å²) in [6, 6.07) is 11.0. The number of nitrogens with zero attached hydrogens (tertiary/aromatic N) is 1. The molecule has 0 amide bonds. The summed E-state index contributed by atoms with van der Waals surface area (Å²) in [7, 11) is -3.81. The van der Waals surface area contributed by atoms with Crippen LogP contribution in [0.1, 0.15) is 15.9 Å². The molecule has 0 spiro atoms. The van der Waals surface area contributed by atoms with Gasteiger partial charge in [0.25, 0.3) is 10.0 Å². The molecule has 1 N–H and O–H groups in total. The third-order valence-corrected chi connectivity index (χ3v) is 5.74. The van der Waals surface area contributed by atoms with Gasteiger partial charge in [-0.05, 0) is 36.2 Å². The van der Waals surface area contributed by atoms with Crippen molar-refractivity contribution >= 4 is 33.3 Å². The summed E-state index contributed by atoms with van der Waals surface area (Å²) in [5.74, 6) is -1.26. The van der Waals surface area contributed by atoms with Gasteiger partial charge in [-0.3, -0.25) is 4.31 Å². The van der Waals surface area contributed by atoms with Crippen LogP contribution in [0.3, 0.4) is 0 Å². The van der Waals surface area contributed by atoms with Crippen molar-refractivity contribution in [2.45, 2.75) is 11.3 Å². The fourth-order valence-electron chi connectivity index (χ4n) is 2.51. The lowest BCUT2D eigenvalue weighted by Crippen LogP contribution is -2.29. The Kier molecular flexibility index (Phi) is 3.58. The Hall–Kier alpha value is -2.05. The third-order valence-electron chi connectivity index (χ3n) is 3.60. The van der Waals surface area contributed by atoms with E-state index in [-0.39, 0.29) is 15.5 Å². The molecule has 0 saturated carbocycles. The number of aromatic carboxylic acids is 1. The van der Waals surface area contributed by atoms with E-state index in [1.807, 2.05) is 12.1 Å². The minimum absolute atomic E-state index is 0.00766. The van der Waals surface area contributed by atoms with Crippen LogP contribution in [0.4, 0.5) is 5.69 Å².